The molecule has 2 aromatic carbocycles. The second-order valence-electron chi connectivity index (χ2n) is 6.74. The molecule has 2 aromatic rings. The van der Waals surface area contributed by atoms with Crippen molar-refractivity contribution in [2.45, 2.75) is 5.92 Å². The molecule has 2 heterocycles. The van der Waals surface area contributed by atoms with Crippen molar-refractivity contribution in [3.8, 4) is 18.2 Å². The van der Waals surface area contributed by atoms with Crippen LogP contribution in [0.4, 0.5) is 5.69 Å². The SMILES string of the molecule is N#CC(C#N)=C1NC(=S)N(c2ccccc2)C2=C1C(c1ccccc1)C(C#N)=C(N)N2. The number of thiocarbonyl (C=S) groups is 1. The minimum absolute atomic E-state index is 0.136. The predicted octanol–water partition coefficient (Wildman–Crippen LogP) is 2.97. The van der Waals surface area contributed by atoms with Crippen LogP contribution in [0.2, 0.25) is 0 Å². The van der Waals surface area contributed by atoms with Crippen LogP contribution in [0.3, 0.4) is 0 Å². The van der Waals surface area contributed by atoms with Crippen LogP contribution in [0.15, 0.2) is 94.7 Å². The first-order valence-electron chi connectivity index (χ1n) is 9.27. The van der Waals surface area contributed by atoms with E-state index in [-0.39, 0.29) is 22.2 Å². The van der Waals surface area contributed by atoms with Gasteiger partial charge >= 0.3 is 0 Å². The largest absolute Gasteiger partial charge is 0.384 e. The van der Waals surface area contributed by atoms with Gasteiger partial charge in [-0.1, -0.05) is 48.5 Å². The molecule has 4 N–H and O–H groups in total. The third-order valence-electron chi connectivity index (χ3n) is 5.05. The zero-order chi connectivity index (χ0) is 22.0. The lowest BCUT2D eigenvalue weighted by molar-refractivity contribution is 0.745. The van der Waals surface area contributed by atoms with Gasteiger partial charge in [-0.15, -0.1) is 0 Å². The Labute approximate surface area is 184 Å². The predicted molar refractivity (Wildman–Crippen MR) is 119 cm³/mol. The van der Waals surface area contributed by atoms with E-state index >= 15 is 0 Å². The van der Waals surface area contributed by atoms with Gasteiger partial charge in [0.1, 0.15) is 23.8 Å². The van der Waals surface area contributed by atoms with Gasteiger partial charge in [0.05, 0.1) is 23.3 Å². The lowest BCUT2D eigenvalue weighted by Gasteiger charge is -2.41. The number of benzene rings is 2. The van der Waals surface area contributed by atoms with E-state index in [0.717, 1.165) is 11.3 Å². The number of rotatable bonds is 2. The zero-order valence-electron chi connectivity index (χ0n) is 16.1. The van der Waals surface area contributed by atoms with Crippen LogP contribution in [0.25, 0.3) is 0 Å². The van der Waals surface area contributed by atoms with E-state index in [4.69, 9.17) is 18.0 Å². The number of nitriles is 3. The number of nitrogens with zero attached hydrogens (tertiary/aromatic N) is 4. The van der Waals surface area contributed by atoms with Crippen LogP contribution in [-0.2, 0) is 0 Å². The van der Waals surface area contributed by atoms with Crippen molar-refractivity contribution >= 4 is 23.0 Å². The van der Waals surface area contributed by atoms with Crippen molar-refractivity contribution in [1.29, 1.82) is 15.8 Å². The summed E-state index contributed by atoms with van der Waals surface area (Å²) >= 11 is 5.59. The average molecular weight is 421 g/mol. The number of nitrogens with two attached hydrogens (primary N) is 1. The topological polar surface area (TPSA) is 125 Å². The number of nitrogens with one attached hydrogen (secondary N) is 2. The van der Waals surface area contributed by atoms with Gasteiger partial charge < -0.3 is 16.4 Å². The van der Waals surface area contributed by atoms with Gasteiger partial charge in [0.2, 0.25) is 0 Å². The highest BCUT2D eigenvalue weighted by atomic mass is 32.1. The fourth-order valence-corrected chi connectivity index (χ4v) is 4.03. The van der Waals surface area contributed by atoms with Crippen molar-refractivity contribution < 1.29 is 0 Å². The molecule has 0 bridgehead atoms. The van der Waals surface area contributed by atoms with Gasteiger partial charge in [-0.3, -0.25) is 4.90 Å². The highest BCUT2D eigenvalue weighted by Gasteiger charge is 2.40. The van der Waals surface area contributed by atoms with Crippen LogP contribution in [0.1, 0.15) is 11.5 Å². The van der Waals surface area contributed by atoms with E-state index in [2.05, 4.69) is 16.7 Å². The minimum Gasteiger partial charge on any atom is -0.384 e. The van der Waals surface area contributed by atoms with Gasteiger partial charge in [-0.05, 0) is 29.9 Å². The summed E-state index contributed by atoms with van der Waals surface area (Å²) in [5, 5.41) is 35.5. The number of dihydropyridines is 1. The van der Waals surface area contributed by atoms with Crippen LogP contribution in [0, 0.1) is 34.0 Å². The molecule has 7 nitrogen and oxygen atoms in total. The highest BCUT2D eigenvalue weighted by molar-refractivity contribution is 7.80. The Hall–Kier alpha value is -4.58. The summed E-state index contributed by atoms with van der Waals surface area (Å²) in [7, 11) is 0. The summed E-state index contributed by atoms with van der Waals surface area (Å²) in [4.78, 5) is 1.75. The van der Waals surface area contributed by atoms with Crippen molar-refractivity contribution in [2.75, 3.05) is 4.90 Å². The molecule has 0 amide bonds. The van der Waals surface area contributed by atoms with Crippen molar-refractivity contribution in [1.82, 2.24) is 10.6 Å². The first kappa shape index (κ1) is 19.7. The lowest BCUT2D eigenvalue weighted by Crippen LogP contribution is -2.51. The molecule has 0 spiro atoms. The van der Waals surface area contributed by atoms with Crippen molar-refractivity contribution in [2.24, 2.45) is 5.73 Å². The number of para-hydroxylation sites is 1. The highest BCUT2D eigenvalue weighted by Crippen LogP contribution is 2.43. The molecule has 1 unspecified atom stereocenters. The van der Waals surface area contributed by atoms with E-state index in [1.54, 1.807) is 4.90 Å². The second kappa shape index (κ2) is 8.04. The molecule has 2 aliphatic heterocycles. The number of anilines is 1. The monoisotopic (exact) mass is 421 g/mol. The number of hydrogen-bond acceptors (Lipinski definition) is 6. The van der Waals surface area contributed by atoms with Gasteiger partial charge in [0, 0.05) is 11.3 Å². The normalized spacial score (nSPS) is 17.6. The Bertz CT molecular complexity index is 1270. The van der Waals surface area contributed by atoms with E-state index < -0.39 is 5.92 Å². The zero-order valence-corrected chi connectivity index (χ0v) is 16.9. The second-order valence-corrected chi connectivity index (χ2v) is 7.13. The number of allylic oxidation sites excluding steroid dienone is 3. The molecule has 0 fully saturated rings. The van der Waals surface area contributed by atoms with Gasteiger partial charge in [-0.25, -0.2) is 0 Å². The van der Waals surface area contributed by atoms with Crippen molar-refractivity contribution in [3.63, 3.8) is 0 Å². The van der Waals surface area contributed by atoms with Gasteiger partial charge in [0.15, 0.2) is 10.7 Å². The number of hydrogen-bond donors (Lipinski definition) is 3. The summed E-state index contributed by atoms with van der Waals surface area (Å²) in [6.07, 6.45) is 0. The Balaban J connectivity index is 2.08. The molecule has 4 rings (SSSR count). The van der Waals surface area contributed by atoms with Crippen molar-refractivity contribution in [3.05, 3.63) is 100 Å². The molecule has 0 saturated heterocycles. The maximum Gasteiger partial charge on any atom is 0.183 e. The molecule has 148 valence electrons. The van der Waals surface area contributed by atoms with E-state index in [1.807, 2.05) is 72.8 Å². The van der Waals surface area contributed by atoms with Crippen LogP contribution < -0.4 is 21.3 Å². The minimum atomic E-state index is -0.601. The van der Waals surface area contributed by atoms with Gasteiger partial charge in [0.25, 0.3) is 0 Å². The average Bonchev–Trinajstić information content (AvgIpc) is 2.80. The summed E-state index contributed by atoms with van der Waals surface area (Å²) in [6.45, 7) is 0. The third kappa shape index (κ3) is 3.26. The fourth-order valence-electron chi connectivity index (χ4n) is 3.73. The third-order valence-corrected chi connectivity index (χ3v) is 5.33. The van der Waals surface area contributed by atoms with Gasteiger partial charge in [-0.2, -0.15) is 15.8 Å². The smallest absolute Gasteiger partial charge is 0.183 e. The van der Waals surface area contributed by atoms with E-state index in [1.165, 1.54) is 0 Å². The first-order chi connectivity index (χ1) is 15.1. The molecular formula is C23H15N7S. The quantitative estimate of drug-likeness (QED) is 0.499. The van der Waals surface area contributed by atoms with Crippen LogP contribution in [0.5, 0.6) is 0 Å². The Morgan fingerprint density at radius 1 is 0.935 bits per heavy atom. The lowest BCUT2D eigenvalue weighted by atomic mass is 9.80. The summed E-state index contributed by atoms with van der Waals surface area (Å²) < 4.78 is 0. The molecule has 0 aromatic heterocycles. The molecular weight excluding hydrogens is 406 g/mol. The molecule has 2 aliphatic rings. The van der Waals surface area contributed by atoms with E-state index in [0.29, 0.717) is 17.0 Å². The first-order valence-corrected chi connectivity index (χ1v) is 9.68. The Morgan fingerprint density at radius 2 is 1.55 bits per heavy atom. The van der Waals surface area contributed by atoms with Crippen LogP contribution >= 0.6 is 12.2 Å². The maximum atomic E-state index is 9.90. The molecule has 0 aliphatic carbocycles. The standard InChI is InChI=1S/C23H15N7S/c24-11-15(12-25)20-19-18(14-7-3-1-4-8-14)17(13-26)21(27)29-22(19)30(23(31)28-20)16-9-5-2-6-10-16/h1-10,18,29H,27H2,(H,28,31). The molecule has 0 radical (unpaired) electrons. The fraction of sp³-hybridized carbons (Fsp3) is 0.0435. The Kier molecular flexibility index (Phi) is 5.12. The maximum absolute atomic E-state index is 9.90. The van der Waals surface area contributed by atoms with Crippen LogP contribution in [-0.4, -0.2) is 5.11 Å². The molecule has 1 atom stereocenters. The molecule has 31 heavy (non-hydrogen) atoms. The summed E-state index contributed by atoms with van der Waals surface area (Å²) in [5.74, 6) is 0.0878. The molecule has 0 saturated carbocycles. The molecule has 8 heteroatoms. The summed E-state index contributed by atoms with van der Waals surface area (Å²) in [6, 6.07) is 24.8. The van der Waals surface area contributed by atoms with E-state index in [9.17, 15) is 15.8 Å². The Morgan fingerprint density at radius 3 is 2.13 bits per heavy atom. The summed E-state index contributed by atoms with van der Waals surface area (Å²) in [5.41, 5.74) is 8.80.